The topological polar surface area (TPSA) is 162 Å². The van der Waals surface area contributed by atoms with Crippen molar-refractivity contribution in [3.05, 3.63) is 24.3 Å². The molecule has 1 aliphatic rings. The van der Waals surface area contributed by atoms with E-state index in [1.807, 2.05) is 0 Å². The van der Waals surface area contributed by atoms with Crippen molar-refractivity contribution in [2.24, 2.45) is 0 Å². The summed E-state index contributed by atoms with van der Waals surface area (Å²) in [6, 6.07) is 3.80. The van der Waals surface area contributed by atoms with Gasteiger partial charge in [-0.15, -0.1) is 0 Å². The number of aliphatic hydroxyl groups is 4. The van der Waals surface area contributed by atoms with Gasteiger partial charge in [-0.1, -0.05) is 0 Å². The fourth-order valence-electron chi connectivity index (χ4n) is 2.12. The standard InChI is InChI=1S/C12H18N2O7S/c13-6-1-3-7(4-2-6)22(19,20)14-9-11(17)10(16)8(5-15)21-12(9)18/h1-4,8-12,14-18H,5,13H2/t8-,9-,10-,11-,12?/m1/s1. The number of hydrogen-bond donors (Lipinski definition) is 6. The quantitative estimate of drug-likeness (QED) is 0.325. The summed E-state index contributed by atoms with van der Waals surface area (Å²) in [5.74, 6) is 0. The third-order valence-electron chi connectivity index (χ3n) is 3.38. The summed E-state index contributed by atoms with van der Waals surface area (Å²) >= 11 is 0. The highest BCUT2D eigenvalue weighted by Crippen LogP contribution is 2.22. The van der Waals surface area contributed by atoms with Crippen molar-refractivity contribution in [1.82, 2.24) is 4.72 Å². The van der Waals surface area contributed by atoms with Crippen molar-refractivity contribution in [3.63, 3.8) is 0 Å². The van der Waals surface area contributed by atoms with E-state index in [9.17, 15) is 23.7 Å². The number of nitrogen functional groups attached to an aromatic ring is 1. The van der Waals surface area contributed by atoms with E-state index in [4.69, 9.17) is 15.6 Å². The Kier molecular flexibility index (Phi) is 5.02. The van der Waals surface area contributed by atoms with Crippen LogP contribution in [-0.2, 0) is 14.8 Å². The Morgan fingerprint density at radius 1 is 1.14 bits per heavy atom. The fourth-order valence-corrected chi connectivity index (χ4v) is 3.36. The maximum atomic E-state index is 12.2. The van der Waals surface area contributed by atoms with Crippen LogP contribution in [0.2, 0.25) is 0 Å². The molecule has 0 bridgehead atoms. The van der Waals surface area contributed by atoms with Crippen LogP contribution in [0, 0.1) is 0 Å². The molecule has 7 N–H and O–H groups in total. The summed E-state index contributed by atoms with van der Waals surface area (Å²) < 4.78 is 31.4. The van der Waals surface area contributed by atoms with Crippen LogP contribution in [0.15, 0.2) is 29.2 Å². The predicted octanol–water partition coefficient (Wildman–Crippen LogP) is -2.65. The molecule has 1 heterocycles. The number of ether oxygens (including phenoxy) is 1. The zero-order valence-electron chi connectivity index (χ0n) is 11.4. The minimum atomic E-state index is -4.07. The first-order valence-electron chi connectivity index (χ1n) is 6.44. The van der Waals surface area contributed by atoms with E-state index in [1.54, 1.807) is 0 Å². The molecule has 0 saturated carbocycles. The Morgan fingerprint density at radius 3 is 2.27 bits per heavy atom. The number of benzene rings is 1. The molecule has 0 aromatic heterocycles. The Balaban J connectivity index is 2.20. The van der Waals surface area contributed by atoms with Gasteiger partial charge in [0.2, 0.25) is 10.0 Å². The predicted molar refractivity (Wildman–Crippen MR) is 74.9 cm³/mol. The Morgan fingerprint density at radius 2 is 1.73 bits per heavy atom. The third kappa shape index (κ3) is 3.38. The van der Waals surface area contributed by atoms with Gasteiger partial charge in [-0.05, 0) is 24.3 Å². The lowest BCUT2D eigenvalue weighted by Gasteiger charge is -2.40. The molecule has 1 saturated heterocycles. The molecule has 1 aliphatic heterocycles. The number of anilines is 1. The van der Waals surface area contributed by atoms with Gasteiger partial charge in [-0.3, -0.25) is 0 Å². The molecule has 0 radical (unpaired) electrons. The van der Waals surface area contributed by atoms with E-state index in [0.717, 1.165) is 0 Å². The number of aliphatic hydroxyl groups excluding tert-OH is 4. The Hall–Kier alpha value is -1.27. The number of sulfonamides is 1. The Labute approximate surface area is 127 Å². The van der Waals surface area contributed by atoms with Crippen LogP contribution >= 0.6 is 0 Å². The van der Waals surface area contributed by atoms with E-state index in [-0.39, 0.29) is 4.90 Å². The molecule has 1 unspecified atom stereocenters. The van der Waals surface area contributed by atoms with Gasteiger partial charge in [0.15, 0.2) is 6.29 Å². The minimum Gasteiger partial charge on any atom is -0.399 e. The van der Waals surface area contributed by atoms with Gasteiger partial charge in [0.1, 0.15) is 24.4 Å². The van der Waals surface area contributed by atoms with Crippen molar-refractivity contribution in [2.75, 3.05) is 12.3 Å². The van der Waals surface area contributed by atoms with Crippen LogP contribution in [0.3, 0.4) is 0 Å². The average molecular weight is 334 g/mol. The highest BCUT2D eigenvalue weighted by atomic mass is 32.2. The van der Waals surface area contributed by atoms with Crippen molar-refractivity contribution < 1.29 is 33.6 Å². The highest BCUT2D eigenvalue weighted by Gasteiger charge is 2.45. The van der Waals surface area contributed by atoms with Crippen molar-refractivity contribution >= 4 is 15.7 Å². The SMILES string of the molecule is Nc1ccc(S(=O)(=O)N[C@H]2C(O)O[C@H](CO)[C@@H](O)[C@@H]2O)cc1. The summed E-state index contributed by atoms with van der Waals surface area (Å²) in [6.45, 7) is -0.632. The summed E-state index contributed by atoms with van der Waals surface area (Å²) in [4.78, 5) is -0.125. The number of hydrogen-bond acceptors (Lipinski definition) is 8. The third-order valence-corrected chi connectivity index (χ3v) is 4.86. The second-order valence-electron chi connectivity index (χ2n) is 4.94. The van der Waals surface area contributed by atoms with Crippen LogP contribution in [0.4, 0.5) is 5.69 Å². The molecule has 5 atom stereocenters. The monoisotopic (exact) mass is 334 g/mol. The molecule has 0 amide bonds. The van der Waals surface area contributed by atoms with Gasteiger partial charge < -0.3 is 30.9 Å². The first kappa shape index (κ1) is 17.1. The fraction of sp³-hybridized carbons (Fsp3) is 0.500. The molecule has 124 valence electrons. The van der Waals surface area contributed by atoms with Gasteiger partial charge in [0.25, 0.3) is 0 Å². The maximum absolute atomic E-state index is 12.2. The lowest BCUT2D eigenvalue weighted by molar-refractivity contribution is -0.251. The minimum absolute atomic E-state index is 0.125. The summed E-state index contributed by atoms with van der Waals surface area (Å²) in [5, 5.41) is 38.4. The largest absolute Gasteiger partial charge is 0.399 e. The Bertz CT molecular complexity index is 606. The molecular weight excluding hydrogens is 316 g/mol. The van der Waals surface area contributed by atoms with E-state index < -0.39 is 47.3 Å². The second-order valence-corrected chi connectivity index (χ2v) is 6.66. The lowest BCUT2D eigenvalue weighted by Crippen LogP contribution is -2.64. The van der Waals surface area contributed by atoms with Crippen molar-refractivity contribution in [2.45, 2.75) is 35.5 Å². The number of rotatable bonds is 4. The summed E-state index contributed by atoms with van der Waals surface area (Å²) in [5.41, 5.74) is 5.85. The molecule has 0 spiro atoms. The molecule has 9 nitrogen and oxygen atoms in total. The van der Waals surface area contributed by atoms with Gasteiger partial charge in [-0.2, -0.15) is 0 Å². The summed E-state index contributed by atoms with van der Waals surface area (Å²) in [6.07, 6.45) is -6.13. The normalized spacial score (nSPS) is 32.8. The molecule has 0 aliphatic carbocycles. The van der Waals surface area contributed by atoms with Gasteiger partial charge in [0, 0.05) is 5.69 Å². The van der Waals surface area contributed by atoms with E-state index in [1.165, 1.54) is 24.3 Å². The molecule has 1 aromatic carbocycles. The maximum Gasteiger partial charge on any atom is 0.241 e. The van der Waals surface area contributed by atoms with Crippen LogP contribution in [0.25, 0.3) is 0 Å². The van der Waals surface area contributed by atoms with E-state index in [2.05, 4.69) is 4.72 Å². The number of nitrogens with one attached hydrogen (secondary N) is 1. The first-order chi connectivity index (χ1) is 10.3. The average Bonchev–Trinajstić information content (AvgIpc) is 2.48. The zero-order chi connectivity index (χ0) is 16.5. The van der Waals surface area contributed by atoms with Crippen LogP contribution in [0.5, 0.6) is 0 Å². The van der Waals surface area contributed by atoms with Gasteiger partial charge in [0.05, 0.1) is 11.5 Å². The summed E-state index contributed by atoms with van der Waals surface area (Å²) in [7, 11) is -4.07. The molecule has 1 fully saturated rings. The first-order valence-corrected chi connectivity index (χ1v) is 7.93. The second kappa shape index (κ2) is 6.46. The van der Waals surface area contributed by atoms with E-state index in [0.29, 0.717) is 5.69 Å². The van der Waals surface area contributed by atoms with Crippen molar-refractivity contribution in [1.29, 1.82) is 0 Å². The van der Waals surface area contributed by atoms with Gasteiger partial charge in [-0.25, -0.2) is 13.1 Å². The van der Waals surface area contributed by atoms with Crippen LogP contribution in [0.1, 0.15) is 0 Å². The van der Waals surface area contributed by atoms with Crippen LogP contribution < -0.4 is 10.5 Å². The van der Waals surface area contributed by atoms with Crippen molar-refractivity contribution in [3.8, 4) is 0 Å². The number of nitrogens with two attached hydrogens (primary N) is 1. The molecule has 2 rings (SSSR count). The molecule has 10 heteroatoms. The van der Waals surface area contributed by atoms with E-state index >= 15 is 0 Å². The molecule has 1 aromatic rings. The molecule has 22 heavy (non-hydrogen) atoms. The lowest BCUT2D eigenvalue weighted by atomic mass is 9.98. The van der Waals surface area contributed by atoms with Gasteiger partial charge >= 0.3 is 0 Å². The smallest absolute Gasteiger partial charge is 0.241 e. The zero-order valence-corrected chi connectivity index (χ0v) is 12.2. The van der Waals surface area contributed by atoms with Crippen LogP contribution in [-0.4, -0.2) is 66.1 Å². The molecular formula is C12H18N2O7S. The highest BCUT2D eigenvalue weighted by molar-refractivity contribution is 7.89.